The van der Waals surface area contributed by atoms with Crippen LogP contribution >= 0.6 is 23.3 Å². The van der Waals surface area contributed by atoms with Crippen LogP contribution < -0.4 is 10.6 Å². The molecule has 0 spiro atoms. The molecule has 0 atom stereocenters. The topological polar surface area (TPSA) is 66.9 Å². The van der Waals surface area contributed by atoms with E-state index in [4.69, 9.17) is 0 Å². The van der Waals surface area contributed by atoms with Crippen LogP contribution in [0, 0.1) is 0 Å². The second-order valence-corrected chi connectivity index (χ2v) is 5.05. The molecule has 2 rings (SSSR count). The lowest BCUT2D eigenvalue weighted by Gasteiger charge is -1.98. The Morgan fingerprint density at radius 3 is 2.89 bits per heavy atom. The molecule has 1 aromatic heterocycles. The highest BCUT2D eigenvalue weighted by Crippen LogP contribution is 2.23. The quantitative estimate of drug-likeness (QED) is 0.845. The average molecular weight is 280 g/mol. The number of nitrogens with zero attached hydrogens (tertiary/aromatic N) is 2. The maximum absolute atomic E-state index is 11.1. The monoisotopic (exact) mass is 280 g/mol. The van der Waals surface area contributed by atoms with E-state index in [9.17, 15) is 4.79 Å². The number of nitrogens with one attached hydrogen (secondary N) is 2. The van der Waals surface area contributed by atoms with Crippen LogP contribution in [0.3, 0.4) is 0 Å². The minimum atomic E-state index is -0.286. The van der Waals surface area contributed by atoms with E-state index in [1.807, 2.05) is 18.2 Å². The van der Waals surface area contributed by atoms with Gasteiger partial charge in [0.05, 0.1) is 0 Å². The zero-order valence-corrected chi connectivity index (χ0v) is 11.3. The molecule has 0 unspecified atom stereocenters. The zero-order valence-electron chi connectivity index (χ0n) is 9.71. The molecule has 0 aliphatic heterocycles. The predicted molar refractivity (Wildman–Crippen MR) is 74.0 cm³/mol. The van der Waals surface area contributed by atoms with Crippen LogP contribution in [0.4, 0.5) is 9.93 Å². The molecule has 0 saturated carbocycles. The summed E-state index contributed by atoms with van der Waals surface area (Å²) in [6.07, 6.45) is 0. The normalized spacial score (nSPS) is 10.1. The summed E-state index contributed by atoms with van der Waals surface area (Å²) in [5.74, 6) is 0.816. The highest BCUT2D eigenvalue weighted by molar-refractivity contribution is 7.98. The summed E-state index contributed by atoms with van der Waals surface area (Å²) in [4.78, 5) is 15.3. The van der Waals surface area contributed by atoms with Crippen LogP contribution in [0.2, 0.25) is 0 Å². The van der Waals surface area contributed by atoms with Crippen molar-refractivity contribution in [2.75, 3.05) is 12.4 Å². The summed E-state index contributed by atoms with van der Waals surface area (Å²) in [5.41, 5.74) is 1.22. The average Bonchev–Trinajstić information content (AvgIpc) is 2.85. The van der Waals surface area contributed by atoms with Gasteiger partial charge in [-0.15, -0.1) is 0 Å². The molecular weight excluding hydrogens is 268 g/mol. The maximum Gasteiger partial charge on any atom is 0.320 e. The van der Waals surface area contributed by atoms with Gasteiger partial charge < -0.3 is 5.32 Å². The molecule has 5 nitrogen and oxygen atoms in total. The van der Waals surface area contributed by atoms with E-state index in [1.165, 1.54) is 17.1 Å². The van der Waals surface area contributed by atoms with E-state index >= 15 is 0 Å². The second-order valence-electron chi connectivity index (χ2n) is 3.36. The highest BCUT2D eigenvalue weighted by Gasteiger charge is 2.07. The Morgan fingerprint density at radius 2 is 2.17 bits per heavy atom. The molecule has 18 heavy (non-hydrogen) atoms. The largest absolute Gasteiger partial charge is 0.341 e. The Labute approximate surface area is 113 Å². The van der Waals surface area contributed by atoms with Gasteiger partial charge in [-0.05, 0) is 5.56 Å². The third-order valence-electron chi connectivity index (χ3n) is 2.07. The SMILES string of the molecule is CNC(=O)Nc1nc(SCc2ccccc2)ns1. The van der Waals surface area contributed by atoms with E-state index < -0.39 is 0 Å². The molecule has 2 aromatic rings. The summed E-state index contributed by atoms with van der Waals surface area (Å²) in [6.45, 7) is 0. The molecule has 2 N–H and O–H groups in total. The number of hydrogen-bond donors (Lipinski definition) is 2. The lowest BCUT2D eigenvalue weighted by atomic mass is 10.2. The number of hydrogen-bond acceptors (Lipinski definition) is 5. The van der Waals surface area contributed by atoms with Crippen molar-refractivity contribution >= 4 is 34.5 Å². The van der Waals surface area contributed by atoms with Crippen molar-refractivity contribution in [3.8, 4) is 0 Å². The minimum Gasteiger partial charge on any atom is -0.341 e. The van der Waals surface area contributed by atoms with Crippen molar-refractivity contribution < 1.29 is 4.79 Å². The number of rotatable bonds is 4. The van der Waals surface area contributed by atoms with Crippen LogP contribution in [0.25, 0.3) is 0 Å². The van der Waals surface area contributed by atoms with Crippen molar-refractivity contribution in [3.63, 3.8) is 0 Å². The lowest BCUT2D eigenvalue weighted by molar-refractivity contribution is 0.254. The Balaban J connectivity index is 1.89. The third-order valence-corrected chi connectivity index (χ3v) is 3.73. The molecule has 0 radical (unpaired) electrons. The van der Waals surface area contributed by atoms with E-state index in [1.54, 1.807) is 18.8 Å². The summed E-state index contributed by atoms with van der Waals surface area (Å²) in [6, 6.07) is 9.82. The standard InChI is InChI=1S/C11H12N4OS2/c1-12-9(16)13-10-14-11(15-18-10)17-7-8-5-3-2-4-6-8/h2-6H,7H2,1H3,(H2,12,13,14,15,16). The van der Waals surface area contributed by atoms with Gasteiger partial charge in [0.2, 0.25) is 10.3 Å². The van der Waals surface area contributed by atoms with Gasteiger partial charge in [-0.3, -0.25) is 5.32 Å². The molecule has 0 fully saturated rings. The molecule has 1 aromatic carbocycles. The van der Waals surface area contributed by atoms with Gasteiger partial charge in [-0.2, -0.15) is 9.36 Å². The predicted octanol–water partition coefficient (Wildman–Crippen LogP) is 2.58. The summed E-state index contributed by atoms with van der Waals surface area (Å²) in [7, 11) is 1.56. The van der Waals surface area contributed by atoms with Crippen LogP contribution in [0.1, 0.15) is 5.56 Å². The van der Waals surface area contributed by atoms with Gasteiger partial charge in [-0.1, -0.05) is 42.1 Å². The number of aromatic nitrogens is 2. The fourth-order valence-electron chi connectivity index (χ4n) is 1.20. The van der Waals surface area contributed by atoms with Gasteiger partial charge >= 0.3 is 6.03 Å². The van der Waals surface area contributed by atoms with Crippen molar-refractivity contribution in [1.82, 2.24) is 14.7 Å². The molecule has 2 amide bonds. The number of benzene rings is 1. The lowest BCUT2D eigenvalue weighted by Crippen LogP contribution is -2.24. The molecule has 7 heteroatoms. The van der Waals surface area contributed by atoms with Gasteiger partial charge in [-0.25, -0.2) is 4.79 Å². The Hall–Kier alpha value is -1.60. The van der Waals surface area contributed by atoms with Crippen LogP contribution in [-0.4, -0.2) is 22.4 Å². The first kappa shape index (κ1) is 12.8. The van der Waals surface area contributed by atoms with Crippen molar-refractivity contribution in [3.05, 3.63) is 35.9 Å². The molecule has 0 bridgehead atoms. The van der Waals surface area contributed by atoms with Crippen molar-refractivity contribution in [1.29, 1.82) is 0 Å². The Bertz CT molecular complexity index is 515. The molecular formula is C11H12N4OS2. The number of thioether (sulfide) groups is 1. The zero-order chi connectivity index (χ0) is 12.8. The highest BCUT2D eigenvalue weighted by atomic mass is 32.2. The van der Waals surface area contributed by atoms with Gasteiger partial charge in [0, 0.05) is 24.3 Å². The summed E-state index contributed by atoms with van der Waals surface area (Å²) >= 11 is 2.72. The number of anilines is 1. The van der Waals surface area contributed by atoms with Crippen LogP contribution in [0.5, 0.6) is 0 Å². The minimum absolute atomic E-state index is 0.286. The summed E-state index contributed by atoms with van der Waals surface area (Å²) in [5, 5.41) is 6.23. The first-order valence-electron chi connectivity index (χ1n) is 5.27. The summed E-state index contributed by atoms with van der Waals surface area (Å²) < 4.78 is 4.17. The first-order valence-corrected chi connectivity index (χ1v) is 7.03. The van der Waals surface area contributed by atoms with E-state index in [0.717, 1.165) is 5.75 Å². The van der Waals surface area contributed by atoms with E-state index in [0.29, 0.717) is 10.3 Å². The van der Waals surface area contributed by atoms with Gasteiger partial charge in [0.25, 0.3) is 0 Å². The number of carbonyl (C=O) groups excluding carboxylic acids is 1. The Morgan fingerprint density at radius 1 is 1.39 bits per heavy atom. The van der Waals surface area contributed by atoms with Crippen LogP contribution in [0.15, 0.2) is 35.5 Å². The van der Waals surface area contributed by atoms with Crippen molar-refractivity contribution in [2.45, 2.75) is 10.9 Å². The third kappa shape index (κ3) is 3.71. The number of urea groups is 1. The van der Waals surface area contributed by atoms with Crippen LogP contribution in [-0.2, 0) is 5.75 Å². The molecule has 0 aliphatic carbocycles. The fourth-order valence-corrected chi connectivity index (χ4v) is 2.70. The van der Waals surface area contributed by atoms with Gasteiger partial charge in [0.15, 0.2) is 0 Å². The molecule has 0 aliphatic rings. The second kappa shape index (κ2) is 6.36. The van der Waals surface area contributed by atoms with Crippen molar-refractivity contribution in [2.24, 2.45) is 0 Å². The maximum atomic E-state index is 11.1. The number of carbonyl (C=O) groups is 1. The number of amides is 2. The molecule has 0 saturated heterocycles. The Kier molecular flexibility index (Phi) is 4.54. The molecule has 94 valence electrons. The van der Waals surface area contributed by atoms with E-state index in [2.05, 4.69) is 32.1 Å². The smallest absolute Gasteiger partial charge is 0.320 e. The fraction of sp³-hybridized carbons (Fsp3) is 0.182. The molecule has 1 heterocycles. The van der Waals surface area contributed by atoms with E-state index in [-0.39, 0.29) is 6.03 Å². The van der Waals surface area contributed by atoms with Gasteiger partial charge in [0.1, 0.15) is 0 Å². The first-order chi connectivity index (χ1) is 8.78.